The molecule has 7 nitrogen and oxygen atoms in total. The van der Waals surface area contributed by atoms with Gasteiger partial charge in [-0.2, -0.15) is 0 Å². The topological polar surface area (TPSA) is 81.0 Å². The standard InChI is InChI=1S/C23H23N3O4/c1-14-7-8-20-24-18(10-22(28)26(20)11-14)13-30-23(29)17-9-21(27)25(12-17)19-6-4-5-15(2)16(19)3/h4-8,10-11,17H,9,12-13H2,1-3H3/t17-/m0/s1. The van der Waals surface area contributed by atoms with Crippen molar-refractivity contribution in [3.05, 3.63) is 75.3 Å². The first kappa shape index (κ1) is 19.8. The molecule has 1 aromatic carbocycles. The van der Waals surface area contributed by atoms with E-state index in [1.807, 2.05) is 45.0 Å². The SMILES string of the molecule is Cc1ccc2nc(COC(=O)[C@H]3CC(=O)N(c4cccc(C)c4C)C3)cc(=O)n2c1. The van der Waals surface area contributed by atoms with Gasteiger partial charge in [0.2, 0.25) is 5.91 Å². The van der Waals surface area contributed by atoms with Gasteiger partial charge in [0.25, 0.3) is 5.56 Å². The molecule has 3 aromatic rings. The summed E-state index contributed by atoms with van der Waals surface area (Å²) >= 11 is 0. The summed E-state index contributed by atoms with van der Waals surface area (Å²) in [5.41, 5.74) is 4.54. The molecule has 4 rings (SSSR count). The Morgan fingerprint density at radius 3 is 2.77 bits per heavy atom. The molecule has 1 aliphatic rings. The van der Waals surface area contributed by atoms with E-state index in [9.17, 15) is 14.4 Å². The molecule has 30 heavy (non-hydrogen) atoms. The lowest BCUT2D eigenvalue weighted by molar-refractivity contribution is -0.149. The number of benzene rings is 1. The Labute approximate surface area is 173 Å². The van der Waals surface area contributed by atoms with E-state index in [0.717, 1.165) is 22.4 Å². The number of carbonyl (C=O) groups is 2. The Morgan fingerprint density at radius 2 is 1.97 bits per heavy atom. The maximum Gasteiger partial charge on any atom is 0.311 e. The number of amides is 1. The van der Waals surface area contributed by atoms with Gasteiger partial charge in [0.05, 0.1) is 11.6 Å². The first-order valence-corrected chi connectivity index (χ1v) is 9.85. The Balaban J connectivity index is 1.45. The van der Waals surface area contributed by atoms with Gasteiger partial charge in [-0.3, -0.25) is 18.8 Å². The van der Waals surface area contributed by atoms with Gasteiger partial charge in [-0.05, 0) is 49.6 Å². The summed E-state index contributed by atoms with van der Waals surface area (Å²) in [6.45, 7) is 6.04. The third-order valence-corrected chi connectivity index (χ3v) is 5.55. The van der Waals surface area contributed by atoms with E-state index in [1.54, 1.807) is 17.2 Å². The second kappa shape index (κ2) is 7.74. The Bertz CT molecular complexity index is 1210. The van der Waals surface area contributed by atoms with E-state index in [-0.39, 0.29) is 31.0 Å². The summed E-state index contributed by atoms with van der Waals surface area (Å²) in [6.07, 6.45) is 1.83. The van der Waals surface area contributed by atoms with Gasteiger partial charge >= 0.3 is 5.97 Å². The summed E-state index contributed by atoms with van der Waals surface area (Å²) < 4.78 is 6.85. The fourth-order valence-electron chi connectivity index (χ4n) is 3.72. The molecule has 0 N–H and O–H groups in total. The first-order valence-electron chi connectivity index (χ1n) is 9.85. The fourth-order valence-corrected chi connectivity index (χ4v) is 3.72. The molecule has 1 aliphatic heterocycles. The predicted molar refractivity (Wildman–Crippen MR) is 112 cm³/mol. The molecule has 0 saturated carbocycles. The number of aromatic nitrogens is 2. The summed E-state index contributed by atoms with van der Waals surface area (Å²) in [4.78, 5) is 43.4. The molecule has 1 atom stereocenters. The molecule has 7 heteroatoms. The quantitative estimate of drug-likeness (QED) is 0.624. The maximum atomic E-state index is 12.6. The van der Waals surface area contributed by atoms with Gasteiger partial charge in [0.1, 0.15) is 12.3 Å². The monoisotopic (exact) mass is 405 g/mol. The van der Waals surface area contributed by atoms with Crippen molar-refractivity contribution in [3.63, 3.8) is 0 Å². The third-order valence-electron chi connectivity index (χ3n) is 5.55. The normalized spacial score (nSPS) is 16.3. The van der Waals surface area contributed by atoms with Crippen LogP contribution in [0.3, 0.4) is 0 Å². The lowest BCUT2D eigenvalue weighted by Gasteiger charge is -2.20. The number of hydrogen-bond acceptors (Lipinski definition) is 5. The van der Waals surface area contributed by atoms with Crippen molar-refractivity contribution < 1.29 is 14.3 Å². The van der Waals surface area contributed by atoms with Crippen molar-refractivity contribution in [3.8, 4) is 0 Å². The second-order valence-corrected chi connectivity index (χ2v) is 7.75. The summed E-state index contributed by atoms with van der Waals surface area (Å²) in [6, 6.07) is 10.8. The smallest absolute Gasteiger partial charge is 0.311 e. The van der Waals surface area contributed by atoms with Gasteiger partial charge in [-0.25, -0.2) is 4.98 Å². The summed E-state index contributed by atoms with van der Waals surface area (Å²) in [7, 11) is 0. The van der Waals surface area contributed by atoms with E-state index < -0.39 is 11.9 Å². The highest BCUT2D eigenvalue weighted by Crippen LogP contribution is 2.30. The third kappa shape index (κ3) is 3.70. The van der Waals surface area contributed by atoms with Crippen molar-refractivity contribution in [2.45, 2.75) is 33.8 Å². The lowest BCUT2D eigenvalue weighted by atomic mass is 10.1. The molecule has 0 bridgehead atoms. The number of fused-ring (bicyclic) bond motifs is 1. The van der Waals surface area contributed by atoms with Crippen molar-refractivity contribution >= 4 is 23.2 Å². The number of nitrogens with zero attached hydrogens (tertiary/aromatic N) is 3. The molecule has 1 saturated heterocycles. The van der Waals surface area contributed by atoms with Crippen LogP contribution in [0.2, 0.25) is 0 Å². The molecular formula is C23H23N3O4. The van der Waals surface area contributed by atoms with Crippen LogP contribution in [0.15, 0.2) is 47.4 Å². The lowest BCUT2D eigenvalue weighted by Crippen LogP contribution is -2.27. The van der Waals surface area contributed by atoms with Crippen LogP contribution < -0.4 is 10.5 Å². The average molecular weight is 405 g/mol. The van der Waals surface area contributed by atoms with Crippen LogP contribution >= 0.6 is 0 Å². The first-order chi connectivity index (χ1) is 14.3. The van der Waals surface area contributed by atoms with Gasteiger partial charge in [0, 0.05) is 30.9 Å². The molecule has 0 aliphatic carbocycles. The number of ether oxygens (including phenoxy) is 1. The van der Waals surface area contributed by atoms with Crippen LogP contribution in [0.1, 0.15) is 28.8 Å². The van der Waals surface area contributed by atoms with Crippen molar-refractivity contribution in [2.24, 2.45) is 5.92 Å². The average Bonchev–Trinajstić information content (AvgIpc) is 3.10. The minimum atomic E-state index is -0.540. The Morgan fingerprint density at radius 1 is 1.17 bits per heavy atom. The highest BCUT2D eigenvalue weighted by molar-refractivity contribution is 6.00. The zero-order valence-corrected chi connectivity index (χ0v) is 17.2. The number of pyridine rings is 1. The van der Waals surface area contributed by atoms with Crippen molar-refractivity contribution in [2.75, 3.05) is 11.4 Å². The molecule has 1 fully saturated rings. The van der Waals surface area contributed by atoms with E-state index in [0.29, 0.717) is 11.3 Å². The van der Waals surface area contributed by atoms with Gasteiger partial charge in [-0.15, -0.1) is 0 Å². The van der Waals surface area contributed by atoms with Crippen LogP contribution in [-0.2, 0) is 20.9 Å². The van der Waals surface area contributed by atoms with Crippen molar-refractivity contribution in [1.82, 2.24) is 9.38 Å². The molecule has 0 unspecified atom stereocenters. The van der Waals surface area contributed by atoms with E-state index in [4.69, 9.17) is 4.74 Å². The number of anilines is 1. The van der Waals surface area contributed by atoms with E-state index >= 15 is 0 Å². The van der Waals surface area contributed by atoms with Crippen LogP contribution in [0.25, 0.3) is 5.65 Å². The second-order valence-electron chi connectivity index (χ2n) is 7.75. The largest absolute Gasteiger partial charge is 0.459 e. The Kier molecular flexibility index (Phi) is 5.11. The van der Waals surface area contributed by atoms with Crippen LogP contribution in [-0.4, -0.2) is 27.8 Å². The van der Waals surface area contributed by atoms with E-state index in [1.165, 1.54) is 10.5 Å². The van der Waals surface area contributed by atoms with Crippen molar-refractivity contribution in [1.29, 1.82) is 0 Å². The minimum absolute atomic E-state index is 0.0944. The molecule has 1 amide bonds. The number of rotatable bonds is 4. The number of hydrogen-bond donors (Lipinski definition) is 0. The van der Waals surface area contributed by atoms with Crippen LogP contribution in [0, 0.1) is 26.7 Å². The van der Waals surface area contributed by atoms with Crippen LogP contribution in [0.4, 0.5) is 5.69 Å². The molecule has 2 aromatic heterocycles. The molecule has 154 valence electrons. The summed E-state index contributed by atoms with van der Waals surface area (Å²) in [5.74, 6) is -1.09. The number of carbonyl (C=O) groups excluding carboxylic acids is 2. The molecular weight excluding hydrogens is 382 g/mol. The highest BCUT2D eigenvalue weighted by atomic mass is 16.5. The zero-order chi connectivity index (χ0) is 21.4. The van der Waals surface area contributed by atoms with Gasteiger partial charge in [0.15, 0.2) is 0 Å². The maximum absolute atomic E-state index is 12.6. The Hall–Kier alpha value is -3.48. The van der Waals surface area contributed by atoms with E-state index in [2.05, 4.69) is 4.98 Å². The number of esters is 1. The predicted octanol–water partition coefficient (Wildman–Crippen LogP) is 2.72. The van der Waals surface area contributed by atoms with Gasteiger partial charge in [-0.1, -0.05) is 18.2 Å². The molecule has 3 heterocycles. The highest BCUT2D eigenvalue weighted by Gasteiger charge is 2.36. The fraction of sp³-hybridized carbons (Fsp3) is 0.304. The minimum Gasteiger partial charge on any atom is -0.459 e. The molecule has 0 spiro atoms. The molecule has 0 radical (unpaired) electrons. The van der Waals surface area contributed by atoms with Crippen LogP contribution in [0.5, 0.6) is 0 Å². The number of aryl methyl sites for hydroxylation is 2. The van der Waals surface area contributed by atoms with Gasteiger partial charge < -0.3 is 9.64 Å². The summed E-state index contributed by atoms with van der Waals surface area (Å²) in [5, 5.41) is 0. The zero-order valence-electron chi connectivity index (χ0n) is 17.2.